The molecule has 2 aliphatic heterocycles. The van der Waals surface area contributed by atoms with Gasteiger partial charge in [-0.2, -0.15) is 0 Å². The van der Waals surface area contributed by atoms with Crippen molar-refractivity contribution in [3.8, 4) is 11.5 Å². The number of aromatic amines is 1. The average Bonchev–Trinajstić information content (AvgIpc) is 3.83. The van der Waals surface area contributed by atoms with Crippen LogP contribution in [0, 0.1) is 46.6 Å². The number of rotatable bonds is 8. The number of methoxy groups -OCH3 is 1. The molecule has 7 atom stereocenters. The molecule has 1 saturated heterocycles. The molecule has 4 aliphatic rings. The molecule has 8 rings (SSSR count). The third-order valence-electron chi connectivity index (χ3n) is 10.3. The first-order valence-corrected chi connectivity index (χ1v) is 17.5. The van der Waals surface area contributed by atoms with Crippen molar-refractivity contribution in [2.45, 2.75) is 29.5 Å². The minimum Gasteiger partial charge on any atom is -0.493 e. The number of amides is 3. The number of thioether (sulfide) groups is 1. The summed E-state index contributed by atoms with van der Waals surface area (Å²) < 4.78 is 11.6. The fourth-order valence-corrected chi connectivity index (χ4v) is 11.2. The predicted octanol–water partition coefficient (Wildman–Crippen LogP) is 5.36. The van der Waals surface area contributed by atoms with Gasteiger partial charge < -0.3 is 19.8 Å². The first-order chi connectivity index (χ1) is 23.6. The zero-order valence-corrected chi connectivity index (χ0v) is 27.9. The van der Waals surface area contributed by atoms with Gasteiger partial charge in [-0.25, -0.2) is 0 Å². The van der Waals surface area contributed by atoms with Gasteiger partial charge in [0.25, 0.3) is 11.6 Å². The zero-order chi connectivity index (χ0) is 34.1. The molecule has 2 N–H and O–H groups in total. The Morgan fingerprint density at radius 1 is 1.00 bits per heavy atom. The molecule has 0 radical (unpaired) electrons. The van der Waals surface area contributed by atoms with Gasteiger partial charge in [0, 0.05) is 33.9 Å². The van der Waals surface area contributed by atoms with E-state index in [4.69, 9.17) is 9.47 Å². The molecule has 2 aliphatic carbocycles. The zero-order valence-electron chi connectivity index (χ0n) is 26.3. The molecule has 3 aromatic carbocycles. The van der Waals surface area contributed by atoms with Crippen LogP contribution in [0.1, 0.15) is 28.3 Å². The Morgan fingerprint density at radius 2 is 1.71 bits per heavy atom. The fraction of sp³-hybridized carbons (Fsp3) is 0.314. The van der Waals surface area contributed by atoms with Crippen LogP contribution in [0.2, 0.25) is 0 Å². The van der Waals surface area contributed by atoms with Gasteiger partial charge in [-0.05, 0) is 73.1 Å². The summed E-state index contributed by atoms with van der Waals surface area (Å²) in [5.74, 6) is -1.56. The monoisotopic (exact) mass is 698 g/mol. The van der Waals surface area contributed by atoms with Gasteiger partial charge in [0.1, 0.15) is 0 Å². The second kappa shape index (κ2) is 11.9. The van der Waals surface area contributed by atoms with Gasteiger partial charge in [-0.1, -0.05) is 35.1 Å². The first kappa shape index (κ1) is 31.3. The lowest BCUT2D eigenvalue weighted by Gasteiger charge is -2.43. The molecule has 14 heteroatoms. The normalized spacial score (nSPS) is 26.2. The second-order valence-electron chi connectivity index (χ2n) is 12.9. The molecule has 4 aromatic rings. The summed E-state index contributed by atoms with van der Waals surface area (Å²) in [4.78, 5) is 68.8. The molecule has 2 bridgehead atoms. The molecule has 3 amide bonds. The van der Waals surface area contributed by atoms with Crippen molar-refractivity contribution in [3.63, 3.8) is 0 Å². The number of imide groups is 1. The fourth-order valence-electron chi connectivity index (χ4n) is 8.34. The van der Waals surface area contributed by atoms with Crippen LogP contribution >= 0.6 is 23.1 Å². The highest BCUT2D eigenvalue weighted by atomic mass is 32.2. The van der Waals surface area contributed by atoms with Crippen LogP contribution in [0.25, 0.3) is 0 Å². The van der Waals surface area contributed by atoms with Crippen LogP contribution < -0.4 is 24.6 Å². The number of hydrogen-bond donors (Lipinski definition) is 2. The second-order valence-corrected chi connectivity index (χ2v) is 15.1. The van der Waals surface area contributed by atoms with E-state index in [0.29, 0.717) is 29.3 Å². The van der Waals surface area contributed by atoms with E-state index in [1.54, 1.807) is 17.8 Å². The molecule has 0 spiro atoms. The van der Waals surface area contributed by atoms with Gasteiger partial charge in [-0.3, -0.25) is 34.2 Å². The van der Waals surface area contributed by atoms with E-state index >= 15 is 0 Å². The van der Waals surface area contributed by atoms with Crippen LogP contribution in [0.15, 0.2) is 76.6 Å². The number of fused-ring (bicyclic) bond motifs is 9. The van der Waals surface area contributed by atoms with Crippen molar-refractivity contribution in [2.24, 2.45) is 29.6 Å². The van der Waals surface area contributed by atoms with E-state index < -0.39 is 16.8 Å². The topological polar surface area (TPSA) is 161 Å². The number of non-ortho nitro benzene ring substituents is 1. The summed E-state index contributed by atoms with van der Waals surface area (Å²) in [5.41, 5.74) is 2.84. The van der Waals surface area contributed by atoms with Crippen molar-refractivity contribution in [1.29, 1.82) is 0 Å². The van der Waals surface area contributed by atoms with E-state index in [1.165, 1.54) is 36.3 Å². The molecule has 3 heterocycles. The van der Waals surface area contributed by atoms with Gasteiger partial charge in [0.05, 0.1) is 34.6 Å². The summed E-state index contributed by atoms with van der Waals surface area (Å²) in [5, 5.41) is 14.8. The average molecular weight is 699 g/mol. The summed E-state index contributed by atoms with van der Waals surface area (Å²) in [6.07, 6.45) is 0.716. The number of nitrogens with zero attached hydrogens (tertiary/aromatic N) is 2. The number of ether oxygens (including phenoxy) is 2. The number of anilines is 2. The number of nitro groups is 1. The van der Waals surface area contributed by atoms with Gasteiger partial charge in [0.2, 0.25) is 11.8 Å². The van der Waals surface area contributed by atoms with Crippen molar-refractivity contribution >= 4 is 57.9 Å². The molecule has 1 aromatic heterocycles. The maximum atomic E-state index is 14.0. The Kier molecular flexibility index (Phi) is 7.59. The van der Waals surface area contributed by atoms with Crippen LogP contribution in [0.5, 0.6) is 11.5 Å². The lowest BCUT2D eigenvalue weighted by atomic mass is 9.68. The first-order valence-electron chi connectivity index (χ1n) is 15.8. The van der Waals surface area contributed by atoms with Crippen LogP contribution in [-0.2, 0) is 14.4 Å². The van der Waals surface area contributed by atoms with E-state index in [9.17, 15) is 29.3 Å². The molecule has 3 fully saturated rings. The Balaban J connectivity index is 1.08. The lowest BCUT2D eigenvalue weighted by Crippen LogP contribution is -2.42. The van der Waals surface area contributed by atoms with Crippen LogP contribution in [0.4, 0.5) is 17.1 Å². The summed E-state index contributed by atoms with van der Waals surface area (Å²) in [6.45, 7) is 1.74. The molecule has 250 valence electrons. The molecule has 12 nitrogen and oxygen atoms in total. The Labute approximate surface area is 288 Å². The third kappa shape index (κ3) is 5.12. The lowest BCUT2D eigenvalue weighted by molar-refractivity contribution is -0.384. The largest absolute Gasteiger partial charge is 0.493 e. The Bertz CT molecular complexity index is 2080. The minimum atomic E-state index is -0.522. The number of aryl methyl sites for hydroxylation is 1. The summed E-state index contributed by atoms with van der Waals surface area (Å²) in [7, 11) is 1.52. The van der Waals surface area contributed by atoms with Crippen molar-refractivity contribution < 1.29 is 28.8 Å². The number of carbonyl (C=O) groups is 3. The smallest absolute Gasteiger partial charge is 0.305 e. The minimum absolute atomic E-state index is 0.0186. The van der Waals surface area contributed by atoms with Gasteiger partial charge in [-0.15, -0.1) is 11.8 Å². The van der Waals surface area contributed by atoms with Gasteiger partial charge in [0.15, 0.2) is 18.1 Å². The maximum Gasteiger partial charge on any atom is 0.305 e. The van der Waals surface area contributed by atoms with E-state index in [-0.39, 0.29) is 63.8 Å². The van der Waals surface area contributed by atoms with E-state index in [2.05, 4.69) is 10.3 Å². The van der Waals surface area contributed by atoms with Crippen molar-refractivity contribution in [3.05, 3.63) is 103 Å². The molecule has 6 unspecified atom stereocenters. The standard InChI is InChI=1S/C35H30N4O8S2/c1-16-3-6-18(7-4-16)36-25(40)15-47-23-12-5-17(13-24(23)46-2)26-27-21-14-22(30(27)48-32-31(26)49-35(43)37-32)29-28(21)33(41)38(34(29)42)19-8-10-20(11-9-19)39(44)45/h3-13,21-22,26-30H,14-15H2,1-2H3,(H,36,40)(H,37,43)/t21?,22?,26-,27?,28?,29?,30?/m1/s1. The number of carbonyl (C=O) groups excluding carboxylic acids is 3. The molecular formula is C35H30N4O8S2. The van der Waals surface area contributed by atoms with Crippen molar-refractivity contribution in [1.82, 2.24) is 4.98 Å². The Hall–Kier alpha value is -4.95. The van der Waals surface area contributed by atoms with E-state index in [0.717, 1.165) is 32.4 Å². The SMILES string of the molecule is COc1cc([C@H]2c3sc(=O)[nH]c3SC3C4CC(C5C(=O)N(c6ccc([N+](=O)[O-])cc6)C(=O)C45)C32)ccc1OCC(=O)Nc1ccc(C)cc1. The quantitative estimate of drug-likeness (QED) is 0.140. The van der Waals surface area contributed by atoms with Crippen LogP contribution in [-0.4, -0.2) is 46.6 Å². The van der Waals surface area contributed by atoms with Gasteiger partial charge >= 0.3 is 4.87 Å². The molecule has 49 heavy (non-hydrogen) atoms. The number of aromatic nitrogens is 1. The number of thiazole rings is 1. The Morgan fingerprint density at radius 3 is 2.41 bits per heavy atom. The predicted molar refractivity (Wildman–Crippen MR) is 182 cm³/mol. The maximum absolute atomic E-state index is 14.0. The van der Waals surface area contributed by atoms with E-state index in [1.807, 2.05) is 43.3 Å². The summed E-state index contributed by atoms with van der Waals surface area (Å²) in [6, 6.07) is 18.5. The highest BCUT2D eigenvalue weighted by Crippen LogP contribution is 2.68. The third-order valence-corrected chi connectivity index (χ3v) is 12.9. The number of benzene rings is 3. The number of H-pyrrole nitrogens is 1. The van der Waals surface area contributed by atoms with Crippen molar-refractivity contribution in [2.75, 3.05) is 23.9 Å². The summed E-state index contributed by atoms with van der Waals surface area (Å²) >= 11 is 2.74. The highest BCUT2D eigenvalue weighted by Gasteiger charge is 2.69. The molecule has 2 saturated carbocycles. The number of nitrogens with one attached hydrogen (secondary N) is 2. The number of nitro benzene ring substituents is 1. The molecular weight excluding hydrogens is 669 g/mol. The van der Waals surface area contributed by atoms with Crippen LogP contribution in [0.3, 0.4) is 0 Å². The number of hydrogen-bond acceptors (Lipinski definition) is 10. The highest BCUT2D eigenvalue weighted by molar-refractivity contribution is 8.00.